The minimum Gasteiger partial charge on any atom is -0.453 e. The maximum Gasteiger partial charge on any atom is 0.338 e. The number of rotatable bonds is 5. The van der Waals surface area contributed by atoms with Gasteiger partial charge in [0.2, 0.25) is 0 Å². The maximum absolute atomic E-state index is 12.5. The first kappa shape index (κ1) is 21.0. The van der Waals surface area contributed by atoms with Crippen LogP contribution in [-0.2, 0) is 14.2 Å². The lowest BCUT2D eigenvalue weighted by Crippen LogP contribution is -2.58. The van der Waals surface area contributed by atoms with Gasteiger partial charge in [0.05, 0.1) is 22.1 Å². The summed E-state index contributed by atoms with van der Waals surface area (Å²) in [6.07, 6.45) is -4.08. The summed E-state index contributed by atoms with van der Waals surface area (Å²) in [4.78, 5) is 24.5. The summed E-state index contributed by atoms with van der Waals surface area (Å²) in [5, 5.41) is 10.8. The number of ether oxygens (including phenoxy) is 3. The van der Waals surface area contributed by atoms with Gasteiger partial charge >= 0.3 is 11.9 Å². The Morgan fingerprint density at radius 3 is 1.82 bits per heavy atom. The van der Waals surface area contributed by atoms with Crippen molar-refractivity contribution in [2.75, 3.05) is 5.33 Å². The largest absolute Gasteiger partial charge is 0.453 e. The van der Waals surface area contributed by atoms with Gasteiger partial charge in [0.15, 0.2) is 18.5 Å². The van der Waals surface area contributed by atoms with E-state index in [0.717, 1.165) is 0 Å². The zero-order valence-electron chi connectivity index (χ0n) is 14.6. The van der Waals surface area contributed by atoms with E-state index in [0.29, 0.717) is 16.5 Å². The van der Waals surface area contributed by atoms with Crippen molar-refractivity contribution in [3.63, 3.8) is 0 Å². The third-order valence-corrected chi connectivity index (χ3v) is 5.99. The molecule has 1 fully saturated rings. The maximum atomic E-state index is 12.5. The zero-order valence-corrected chi connectivity index (χ0v) is 17.8. The molecule has 0 amide bonds. The van der Waals surface area contributed by atoms with E-state index in [1.165, 1.54) is 0 Å². The van der Waals surface area contributed by atoms with Gasteiger partial charge in [-0.1, -0.05) is 68.3 Å². The molecular formula is C20H18Br2O6. The minimum atomic E-state index is -1.45. The summed E-state index contributed by atoms with van der Waals surface area (Å²) in [5.74, 6) is -1.23. The molecule has 6 nitrogen and oxygen atoms in total. The van der Waals surface area contributed by atoms with Crippen molar-refractivity contribution in [3.8, 4) is 0 Å². The first-order valence-corrected chi connectivity index (χ1v) is 10.6. The molecule has 2 aromatic rings. The van der Waals surface area contributed by atoms with Crippen molar-refractivity contribution < 1.29 is 28.9 Å². The number of carbonyl (C=O) groups excluding carboxylic acids is 2. The Morgan fingerprint density at radius 2 is 1.36 bits per heavy atom. The summed E-state index contributed by atoms with van der Waals surface area (Å²) in [6, 6.07) is 16.8. The minimum absolute atomic E-state index is 0.316. The fourth-order valence-corrected chi connectivity index (χ4v) is 4.57. The van der Waals surface area contributed by atoms with Gasteiger partial charge in [-0.15, -0.1) is 0 Å². The quantitative estimate of drug-likeness (QED) is 0.488. The highest BCUT2D eigenvalue weighted by atomic mass is 79.9. The second-order valence-corrected chi connectivity index (χ2v) is 7.84. The molecule has 0 bridgehead atoms. The SMILES string of the molecule is O=C(OC1C(O)OC(CBr)C(Br)C1OC(=O)c1ccccc1)c1ccccc1. The number of carbonyl (C=O) groups is 2. The highest BCUT2D eigenvalue weighted by Gasteiger charge is 2.48. The number of halogens is 2. The smallest absolute Gasteiger partial charge is 0.338 e. The van der Waals surface area contributed by atoms with Crippen molar-refractivity contribution >= 4 is 43.8 Å². The zero-order chi connectivity index (χ0) is 20.1. The molecule has 5 atom stereocenters. The number of esters is 2. The van der Waals surface area contributed by atoms with E-state index in [-0.39, 0.29) is 0 Å². The number of aliphatic hydroxyl groups excluding tert-OH is 1. The lowest BCUT2D eigenvalue weighted by Gasteiger charge is -2.41. The molecule has 2 aromatic carbocycles. The van der Waals surface area contributed by atoms with Crippen LogP contribution in [0.5, 0.6) is 0 Å². The van der Waals surface area contributed by atoms with Gasteiger partial charge in [-0.3, -0.25) is 0 Å². The van der Waals surface area contributed by atoms with E-state index in [9.17, 15) is 14.7 Å². The van der Waals surface area contributed by atoms with Gasteiger partial charge < -0.3 is 19.3 Å². The molecular weight excluding hydrogens is 496 g/mol. The number of aliphatic hydroxyl groups is 1. The van der Waals surface area contributed by atoms with E-state index < -0.39 is 41.4 Å². The predicted molar refractivity (Wildman–Crippen MR) is 109 cm³/mol. The van der Waals surface area contributed by atoms with Gasteiger partial charge in [-0.2, -0.15) is 0 Å². The molecule has 0 radical (unpaired) electrons. The molecule has 1 saturated heterocycles. The van der Waals surface area contributed by atoms with Crippen LogP contribution in [0.2, 0.25) is 0 Å². The Labute approximate surface area is 179 Å². The van der Waals surface area contributed by atoms with Crippen molar-refractivity contribution in [3.05, 3.63) is 71.8 Å². The number of hydrogen-bond donors (Lipinski definition) is 1. The molecule has 1 aliphatic rings. The van der Waals surface area contributed by atoms with Crippen molar-refractivity contribution in [1.82, 2.24) is 0 Å². The fraction of sp³-hybridized carbons (Fsp3) is 0.300. The second-order valence-electron chi connectivity index (χ2n) is 6.14. The van der Waals surface area contributed by atoms with Crippen LogP contribution in [0.3, 0.4) is 0 Å². The molecule has 1 N–H and O–H groups in total. The lowest BCUT2D eigenvalue weighted by molar-refractivity contribution is -0.237. The standard InChI is InChI=1S/C20H18Br2O6/c21-11-14-15(22)16(27-18(23)12-7-3-1-4-8-12)17(20(25)26-14)28-19(24)13-9-5-2-6-10-13/h1-10,14-17,20,25H,11H2. The van der Waals surface area contributed by atoms with Crippen LogP contribution in [0.25, 0.3) is 0 Å². The first-order chi connectivity index (χ1) is 13.5. The van der Waals surface area contributed by atoms with Gasteiger partial charge in [0, 0.05) is 5.33 Å². The monoisotopic (exact) mass is 512 g/mol. The third kappa shape index (κ3) is 4.81. The molecule has 0 aromatic heterocycles. The Hall–Kier alpha value is -1.74. The average Bonchev–Trinajstić information content (AvgIpc) is 2.73. The van der Waals surface area contributed by atoms with Crippen LogP contribution < -0.4 is 0 Å². The van der Waals surface area contributed by atoms with E-state index in [2.05, 4.69) is 31.9 Å². The van der Waals surface area contributed by atoms with Crippen molar-refractivity contribution in [1.29, 1.82) is 0 Å². The van der Waals surface area contributed by atoms with Crippen LogP contribution >= 0.6 is 31.9 Å². The summed E-state index contributed by atoms with van der Waals surface area (Å²) in [6.45, 7) is 0. The highest BCUT2D eigenvalue weighted by Crippen LogP contribution is 2.31. The third-order valence-electron chi connectivity index (χ3n) is 4.25. The van der Waals surface area contributed by atoms with Crippen LogP contribution in [-0.4, -0.2) is 51.8 Å². The second kappa shape index (κ2) is 9.65. The molecule has 5 unspecified atom stereocenters. The average molecular weight is 514 g/mol. The summed E-state index contributed by atoms with van der Waals surface area (Å²) < 4.78 is 16.6. The molecule has 1 heterocycles. The van der Waals surface area contributed by atoms with Gasteiger partial charge in [-0.25, -0.2) is 9.59 Å². The van der Waals surface area contributed by atoms with E-state index in [4.69, 9.17) is 14.2 Å². The van der Waals surface area contributed by atoms with Gasteiger partial charge in [0.25, 0.3) is 0 Å². The summed E-state index contributed by atoms with van der Waals surface area (Å²) in [7, 11) is 0. The Balaban J connectivity index is 1.82. The van der Waals surface area contributed by atoms with Crippen LogP contribution in [0.1, 0.15) is 20.7 Å². The first-order valence-electron chi connectivity index (χ1n) is 8.57. The van der Waals surface area contributed by atoms with Crippen molar-refractivity contribution in [2.45, 2.75) is 29.4 Å². The van der Waals surface area contributed by atoms with Crippen LogP contribution in [0, 0.1) is 0 Å². The van der Waals surface area contributed by atoms with E-state index in [1.807, 2.05) is 0 Å². The summed E-state index contributed by atoms with van der Waals surface area (Å²) in [5.41, 5.74) is 0.670. The number of alkyl halides is 2. The fourth-order valence-electron chi connectivity index (χ4n) is 2.80. The Bertz CT molecular complexity index is 801. The Morgan fingerprint density at radius 1 is 0.893 bits per heavy atom. The number of hydrogen-bond acceptors (Lipinski definition) is 6. The predicted octanol–water partition coefficient (Wildman–Crippen LogP) is 3.31. The van der Waals surface area contributed by atoms with Gasteiger partial charge in [0.1, 0.15) is 0 Å². The summed E-state index contributed by atoms with van der Waals surface area (Å²) >= 11 is 6.77. The Kier molecular flexibility index (Phi) is 7.23. The molecule has 8 heteroatoms. The highest BCUT2D eigenvalue weighted by molar-refractivity contribution is 9.10. The molecule has 28 heavy (non-hydrogen) atoms. The normalized spacial score (nSPS) is 27.0. The van der Waals surface area contributed by atoms with E-state index in [1.54, 1.807) is 60.7 Å². The molecule has 0 saturated carbocycles. The molecule has 1 aliphatic heterocycles. The number of benzene rings is 2. The van der Waals surface area contributed by atoms with E-state index >= 15 is 0 Å². The van der Waals surface area contributed by atoms with Crippen LogP contribution in [0.15, 0.2) is 60.7 Å². The molecule has 3 rings (SSSR count). The molecule has 148 valence electrons. The van der Waals surface area contributed by atoms with Gasteiger partial charge in [-0.05, 0) is 24.3 Å². The lowest BCUT2D eigenvalue weighted by atomic mass is 10.0. The van der Waals surface area contributed by atoms with Crippen molar-refractivity contribution in [2.24, 2.45) is 0 Å². The topological polar surface area (TPSA) is 82.1 Å². The van der Waals surface area contributed by atoms with Crippen LogP contribution in [0.4, 0.5) is 0 Å². The molecule has 0 aliphatic carbocycles. The molecule has 0 spiro atoms.